The Balaban J connectivity index is 1.25. The Kier molecular flexibility index (Phi) is 5.65. The van der Waals surface area contributed by atoms with Crippen LogP contribution in [0.25, 0.3) is 5.65 Å². The Bertz CT molecular complexity index is 1020. The van der Waals surface area contributed by atoms with E-state index in [0.717, 1.165) is 37.3 Å². The van der Waals surface area contributed by atoms with Crippen LogP contribution in [-0.4, -0.2) is 82.1 Å². The molecule has 3 fully saturated rings. The van der Waals surface area contributed by atoms with Crippen molar-refractivity contribution in [1.29, 1.82) is 0 Å². The summed E-state index contributed by atoms with van der Waals surface area (Å²) >= 11 is 0. The molecule has 2 aromatic rings. The molecule has 9 nitrogen and oxygen atoms in total. The van der Waals surface area contributed by atoms with Crippen molar-refractivity contribution >= 4 is 17.5 Å². The second-order valence-corrected chi connectivity index (χ2v) is 9.34. The van der Waals surface area contributed by atoms with Crippen LogP contribution in [0.4, 0.5) is 0 Å². The molecule has 2 aromatic heterocycles. The highest BCUT2D eigenvalue weighted by molar-refractivity contribution is 5.83. The minimum absolute atomic E-state index is 0.0498. The molecule has 9 heteroatoms. The average Bonchev–Trinajstić information content (AvgIpc) is 3.34. The first-order valence-corrected chi connectivity index (χ1v) is 11.4. The van der Waals surface area contributed by atoms with Crippen molar-refractivity contribution in [2.45, 2.75) is 44.4 Å². The van der Waals surface area contributed by atoms with Gasteiger partial charge in [0.15, 0.2) is 0 Å². The van der Waals surface area contributed by atoms with Gasteiger partial charge in [0.05, 0.1) is 30.5 Å². The van der Waals surface area contributed by atoms with E-state index >= 15 is 0 Å². The Morgan fingerprint density at radius 1 is 1.31 bits per heavy atom. The second-order valence-electron chi connectivity index (χ2n) is 9.34. The van der Waals surface area contributed by atoms with Gasteiger partial charge in [0.1, 0.15) is 17.4 Å². The number of rotatable bonds is 4. The summed E-state index contributed by atoms with van der Waals surface area (Å²) in [5, 5.41) is 0. The van der Waals surface area contributed by atoms with Gasteiger partial charge >= 0.3 is 0 Å². The molecular formula is C23H31N5O4. The molecule has 0 aliphatic carbocycles. The maximum atomic E-state index is 13.1. The third kappa shape index (κ3) is 4.00. The zero-order chi connectivity index (χ0) is 22.3. The lowest BCUT2D eigenvalue weighted by molar-refractivity contribution is -0.143. The van der Waals surface area contributed by atoms with Crippen LogP contribution in [0.5, 0.6) is 0 Å². The summed E-state index contributed by atoms with van der Waals surface area (Å²) in [7, 11) is 0. The van der Waals surface area contributed by atoms with Crippen LogP contribution in [0, 0.1) is 12.8 Å². The lowest BCUT2D eigenvalue weighted by atomic mass is 9.94. The first kappa shape index (κ1) is 21.4. The summed E-state index contributed by atoms with van der Waals surface area (Å²) in [6, 6.07) is 6.03. The summed E-state index contributed by atoms with van der Waals surface area (Å²) in [5.41, 5.74) is 8.15. The van der Waals surface area contributed by atoms with Gasteiger partial charge in [0.25, 0.3) is 5.91 Å². The molecular weight excluding hydrogens is 410 g/mol. The van der Waals surface area contributed by atoms with Crippen LogP contribution in [0.3, 0.4) is 0 Å². The first-order chi connectivity index (χ1) is 15.4. The number of piperidine rings is 1. The number of hydrogen-bond donors (Lipinski definition) is 1. The van der Waals surface area contributed by atoms with Crippen LogP contribution in [0.15, 0.2) is 24.4 Å². The lowest BCUT2D eigenvalue weighted by Crippen LogP contribution is -2.53. The molecule has 0 bridgehead atoms. The fourth-order valence-electron chi connectivity index (χ4n) is 5.32. The molecule has 2 N–H and O–H groups in total. The number of carbonyl (C=O) groups is 2. The number of morpholine rings is 1. The number of amides is 2. The fourth-order valence-corrected chi connectivity index (χ4v) is 5.32. The van der Waals surface area contributed by atoms with Crippen molar-refractivity contribution in [2.75, 3.05) is 39.4 Å². The second kappa shape index (κ2) is 8.46. The summed E-state index contributed by atoms with van der Waals surface area (Å²) < 4.78 is 14.3. The molecule has 2 amide bonds. The normalized spacial score (nSPS) is 29.1. The Morgan fingerprint density at radius 3 is 3.03 bits per heavy atom. The predicted molar refractivity (Wildman–Crippen MR) is 117 cm³/mol. The molecule has 3 saturated heterocycles. The van der Waals surface area contributed by atoms with Crippen molar-refractivity contribution in [2.24, 2.45) is 11.7 Å². The van der Waals surface area contributed by atoms with Crippen molar-refractivity contribution in [3.63, 3.8) is 0 Å². The predicted octanol–water partition coefficient (Wildman–Crippen LogP) is 0.727. The number of nitrogens with two attached hydrogens (primary N) is 1. The maximum absolute atomic E-state index is 13.1. The van der Waals surface area contributed by atoms with E-state index in [0.29, 0.717) is 39.3 Å². The summed E-state index contributed by atoms with van der Waals surface area (Å²) in [6.45, 7) is 6.40. The third-order valence-electron chi connectivity index (χ3n) is 7.05. The number of primary amides is 1. The largest absolute Gasteiger partial charge is 0.370 e. The molecule has 5 heterocycles. The fraction of sp³-hybridized carbons (Fsp3) is 0.609. The molecule has 3 aliphatic heterocycles. The van der Waals surface area contributed by atoms with Gasteiger partial charge in [-0.25, -0.2) is 4.98 Å². The minimum Gasteiger partial charge on any atom is -0.370 e. The lowest BCUT2D eigenvalue weighted by Gasteiger charge is -2.39. The Hall–Kier alpha value is -2.49. The Morgan fingerprint density at radius 2 is 2.19 bits per heavy atom. The van der Waals surface area contributed by atoms with Gasteiger partial charge in [-0.05, 0) is 31.9 Å². The van der Waals surface area contributed by atoms with Crippen molar-refractivity contribution < 1.29 is 19.1 Å². The quantitative estimate of drug-likeness (QED) is 0.750. The maximum Gasteiger partial charge on any atom is 0.251 e. The van der Waals surface area contributed by atoms with Gasteiger partial charge in [0.2, 0.25) is 5.91 Å². The molecule has 0 aromatic carbocycles. The number of fused-ring (bicyclic) bond motifs is 1. The highest BCUT2D eigenvalue weighted by atomic mass is 16.6. The highest BCUT2D eigenvalue weighted by Gasteiger charge is 2.48. The summed E-state index contributed by atoms with van der Waals surface area (Å²) in [5.74, 6) is -0.648. The van der Waals surface area contributed by atoms with Crippen LogP contribution < -0.4 is 5.73 Å². The molecule has 5 rings (SSSR count). The molecule has 3 aliphatic rings. The number of hydrogen-bond acceptors (Lipinski definition) is 6. The number of likely N-dealkylation sites (tertiary alicyclic amines) is 1. The molecule has 3 unspecified atom stereocenters. The van der Waals surface area contributed by atoms with E-state index in [1.807, 2.05) is 31.3 Å². The van der Waals surface area contributed by atoms with Crippen molar-refractivity contribution in [3.8, 4) is 0 Å². The van der Waals surface area contributed by atoms with E-state index in [1.165, 1.54) is 5.69 Å². The number of pyridine rings is 1. The van der Waals surface area contributed by atoms with Crippen LogP contribution in [0.1, 0.15) is 30.7 Å². The van der Waals surface area contributed by atoms with Gasteiger partial charge in [-0.15, -0.1) is 0 Å². The van der Waals surface area contributed by atoms with Gasteiger partial charge in [-0.1, -0.05) is 6.07 Å². The van der Waals surface area contributed by atoms with E-state index in [4.69, 9.17) is 15.2 Å². The van der Waals surface area contributed by atoms with Gasteiger partial charge in [-0.3, -0.25) is 14.5 Å². The van der Waals surface area contributed by atoms with Crippen LogP contribution in [-0.2, 0) is 25.6 Å². The van der Waals surface area contributed by atoms with Gasteiger partial charge in [-0.2, -0.15) is 0 Å². The minimum atomic E-state index is -0.529. The number of imidazole rings is 1. The monoisotopic (exact) mass is 441 g/mol. The van der Waals surface area contributed by atoms with Crippen molar-refractivity contribution in [1.82, 2.24) is 19.2 Å². The zero-order valence-corrected chi connectivity index (χ0v) is 18.5. The summed E-state index contributed by atoms with van der Waals surface area (Å²) in [4.78, 5) is 33.5. The zero-order valence-electron chi connectivity index (χ0n) is 18.5. The molecule has 0 radical (unpaired) electrons. The van der Waals surface area contributed by atoms with Crippen molar-refractivity contribution in [3.05, 3.63) is 35.8 Å². The number of nitrogens with zero attached hydrogens (tertiary/aromatic N) is 4. The molecule has 1 spiro atoms. The third-order valence-corrected chi connectivity index (χ3v) is 7.05. The molecule has 172 valence electrons. The van der Waals surface area contributed by atoms with Crippen LogP contribution >= 0.6 is 0 Å². The average molecular weight is 442 g/mol. The molecule has 32 heavy (non-hydrogen) atoms. The van der Waals surface area contributed by atoms with Gasteiger partial charge < -0.3 is 24.5 Å². The van der Waals surface area contributed by atoms with E-state index in [9.17, 15) is 9.59 Å². The highest BCUT2D eigenvalue weighted by Crippen LogP contribution is 2.33. The summed E-state index contributed by atoms with van der Waals surface area (Å²) in [6.07, 6.45) is 3.59. The van der Waals surface area contributed by atoms with E-state index in [1.54, 1.807) is 4.90 Å². The topological polar surface area (TPSA) is 102 Å². The first-order valence-electron chi connectivity index (χ1n) is 11.4. The number of aryl methyl sites for hydroxylation is 1. The number of carbonyl (C=O) groups excluding carboxylic acids is 2. The van der Waals surface area contributed by atoms with E-state index in [-0.39, 0.29) is 17.7 Å². The molecule has 3 atom stereocenters. The SMILES string of the molecule is Cc1nc2ccccn2c1CN1CCOC2(COC(C(=O)N3CCCC(C(N)=O)C3)C2)C1. The number of aromatic nitrogens is 2. The van der Waals surface area contributed by atoms with Crippen LogP contribution in [0.2, 0.25) is 0 Å². The molecule has 0 saturated carbocycles. The van der Waals surface area contributed by atoms with Gasteiger partial charge in [0, 0.05) is 45.3 Å². The van der Waals surface area contributed by atoms with E-state index < -0.39 is 11.7 Å². The Labute approximate surface area is 187 Å². The smallest absolute Gasteiger partial charge is 0.251 e. The number of ether oxygens (including phenoxy) is 2. The standard InChI is InChI=1S/C23H31N5O4/c1-16-18(28-8-3-2-6-20(28)25-16)13-26-9-10-32-23(14-26)11-19(31-15-23)22(30)27-7-4-5-17(12-27)21(24)29/h2-3,6,8,17,19H,4-5,7,9-15H2,1H3,(H2,24,29). The van der Waals surface area contributed by atoms with E-state index in [2.05, 4.69) is 14.3 Å².